The molecule has 0 saturated carbocycles. The molecule has 0 radical (unpaired) electrons. The van der Waals surface area contributed by atoms with Crippen LogP contribution in [0.2, 0.25) is 5.02 Å². The monoisotopic (exact) mass is 505 g/mol. The highest BCUT2D eigenvalue weighted by atomic mass is 35.5. The first-order chi connectivity index (χ1) is 16.2. The number of likely N-dealkylation sites (tertiary alicyclic amines) is 1. The Bertz CT molecular complexity index is 1190. The standard InChI is InChI=1S/C23H22ClF2N5O2S/c1-3-33-22(32)18-9-23(2,26)12-31(18)11-17-15(10-27)19(14-5-4-13(25)8-16(14)24)30-20(29-17)21-28-6-7-34-21/h4-8,18-19H,3,9,11-12H2,1-2H3,(H,29,30). The second-order valence-corrected chi connectivity index (χ2v) is 9.60. The molecule has 1 fully saturated rings. The summed E-state index contributed by atoms with van der Waals surface area (Å²) in [6, 6.07) is 4.47. The number of carbonyl (C=O) groups excluding carboxylic acids is 1. The Morgan fingerprint density at radius 2 is 2.29 bits per heavy atom. The van der Waals surface area contributed by atoms with Gasteiger partial charge in [-0.2, -0.15) is 5.26 Å². The van der Waals surface area contributed by atoms with Crippen molar-refractivity contribution in [1.29, 1.82) is 5.26 Å². The molecule has 34 heavy (non-hydrogen) atoms. The van der Waals surface area contributed by atoms with E-state index in [0.717, 1.165) is 6.07 Å². The Kier molecular flexibility index (Phi) is 6.98. The Hall–Kier alpha value is -2.87. The van der Waals surface area contributed by atoms with Gasteiger partial charge in [-0.3, -0.25) is 14.7 Å². The fourth-order valence-corrected chi connectivity index (χ4v) is 5.08. The van der Waals surface area contributed by atoms with Crippen LogP contribution in [-0.2, 0) is 9.53 Å². The van der Waals surface area contributed by atoms with Gasteiger partial charge in [0.05, 0.1) is 18.2 Å². The smallest absolute Gasteiger partial charge is 0.323 e. The second-order valence-electron chi connectivity index (χ2n) is 8.30. The maximum atomic E-state index is 14.9. The quantitative estimate of drug-likeness (QED) is 0.593. The van der Waals surface area contributed by atoms with Gasteiger partial charge >= 0.3 is 5.97 Å². The Morgan fingerprint density at radius 3 is 2.94 bits per heavy atom. The zero-order chi connectivity index (χ0) is 24.5. The minimum Gasteiger partial charge on any atom is -0.465 e. The highest BCUT2D eigenvalue weighted by Gasteiger charge is 2.46. The normalized spacial score (nSPS) is 25.0. The third-order valence-electron chi connectivity index (χ3n) is 5.65. The molecule has 0 bridgehead atoms. The predicted molar refractivity (Wildman–Crippen MR) is 125 cm³/mol. The summed E-state index contributed by atoms with van der Waals surface area (Å²) in [4.78, 5) is 23.1. The van der Waals surface area contributed by atoms with E-state index in [1.165, 1.54) is 30.4 Å². The summed E-state index contributed by atoms with van der Waals surface area (Å²) in [7, 11) is 0. The fourth-order valence-electron chi connectivity index (χ4n) is 4.22. The van der Waals surface area contributed by atoms with Gasteiger partial charge in [-0.15, -0.1) is 11.3 Å². The zero-order valence-corrected chi connectivity index (χ0v) is 20.1. The Morgan fingerprint density at radius 1 is 1.50 bits per heavy atom. The first kappa shape index (κ1) is 24.3. The molecule has 11 heteroatoms. The van der Waals surface area contributed by atoms with Crippen LogP contribution in [0, 0.1) is 17.1 Å². The largest absolute Gasteiger partial charge is 0.465 e. The lowest BCUT2D eigenvalue weighted by molar-refractivity contribution is -0.148. The third-order valence-corrected chi connectivity index (χ3v) is 6.76. The molecule has 3 heterocycles. The maximum absolute atomic E-state index is 14.9. The number of nitrogens with one attached hydrogen (secondary N) is 1. The van der Waals surface area contributed by atoms with Crippen molar-refractivity contribution in [2.75, 3.05) is 19.7 Å². The molecule has 1 saturated heterocycles. The number of esters is 1. The van der Waals surface area contributed by atoms with Gasteiger partial charge in [0.1, 0.15) is 23.6 Å². The number of ether oxygens (including phenoxy) is 1. The molecule has 4 rings (SSSR count). The number of alkyl halides is 1. The zero-order valence-electron chi connectivity index (χ0n) is 18.5. The Balaban J connectivity index is 1.75. The first-order valence-corrected chi connectivity index (χ1v) is 11.9. The average Bonchev–Trinajstić information content (AvgIpc) is 3.41. The Labute approximate surface area is 204 Å². The number of halogens is 3. The molecule has 3 unspecified atom stereocenters. The molecule has 2 aliphatic heterocycles. The third kappa shape index (κ3) is 4.97. The number of nitriles is 1. The molecule has 1 aromatic heterocycles. The summed E-state index contributed by atoms with van der Waals surface area (Å²) >= 11 is 7.66. The molecule has 0 amide bonds. The van der Waals surface area contributed by atoms with Crippen molar-refractivity contribution in [3.8, 4) is 6.07 Å². The van der Waals surface area contributed by atoms with Crippen molar-refractivity contribution in [1.82, 2.24) is 15.2 Å². The summed E-state index contributed by atoms with van der Waals surface area (Å²) < 4.78 is 33.8. The van der Waals surface area contributed by atoms with E-state index in [1.54, 1.807) is 23.4 Å². The SMILES string of the molecule is CCOC(=O)C1CC(C)(F)CN1CC1=C(C#N)C(c2ccc(F)cc2Cl)N=C(c2nccs2)N1. The summed E-state index contributed by atoms with van der Waals surface area (Å²) in [6.07, 6.45) is 1.61. The number of benzene rings is 1. The van der Waals surface area contributed by atoms with E-state index in [2.05, 4.69) is 21.4 Å². The van der Waals surface area contributed by atoms with Gasteiger partial charge in [-0.25, -0.2) is 13.8 Å². The van der Waals surface area contributed by atoms with Crippen molar-refractivity contribution in [2.45, 2.75) is 38.0 Å². The van der Waals surface area contributed by atoms with E-state index < -0.39 is 29.5 Å². The van der Waals surface area contributed by atoms with Crippen LogP contribution in [0.4, 0.5) is 8.78 Å². The summed E-state index contributed by atoms with van der Waals surface area (Å²) in [5, 5.41) is 15.7. The highest BCUT2D eigenvalue weighted by Crippen LogP contribution is 2.37. The maximum Gasteiger partial charge on any atom is 0.323 e. The lowest BCUT2D eigenvalue weighted by atomic mass is 9.96. The van der Waals surface area contributed by atoms with E-state index >= 15 is 0 Å². The van der Waals surface area contributed by atoms with E-state index in [0.29, 0.717) is 22.1 Å². The van der Waals surface area contributed by atoms with E-state index in [-0.39, 0.29) is 36.7 Å². The van der Waals surface area contributed by atoms with Gasteiger partial charge in [0.15, 0.2) is 10.8 Å². The van der Waals surface area contributed by atoms with Crippen LogP contribution in [0.5, 0.6) is 0 Å². The molecule has 2 aromatic rings. The minimum atomic E-state index is -1.59. The van der Waals surface area contributed by atoms with Gasteiger partial charge in [0.25, 0.3) is 0 Å². The van der Waals surface area contributed by atoms with Gasteiger partial charge < -0.3 is 10.1 Å². The van der Waals surface area contributed by atoms with Crippen LogP contribution >= 0.6 is 22.9 Å². The van der Waals surface area contributed by atoms with E-state index in [1.807, 2.05) is 0 Å². The van der Waals surface area contributed by atoms with Crippen LogP contribution < -0.4 is 5.32 Å². The van der Waals surface area contributed by atoms with E-state index in [4.69, 9.17) is 16.3 Å². The molecule has 0 aliphatic carbocycles. The summed E-state index contributed by atoms with van der Waals surface area (Å²) in [6.45, 7) is 3.38. The van der Waals surface area contributed by atoms with Gasteiger partial charge in [-0.05, 0) is 26.0 Å². The van der Waals surface area contributed by atoms with Crippen molar-refractivity contribution >= 4 is 34.7 Å². The number of nitrogens with zero attached hydrogens (tertiary/aromatic N) is 4. The summed E-state index contributed by atoms with van der Waals surface area (Å²) in [5.41, 5.74) is -0.457. The molecule has 2 aliphatic rings. The van der Waals surface area contributed by atoms with Gasteiger partial charge in [-0.1, -0.05) is 17.7 Å². The minimum absolute atomic E-state index is 0.00787. The van der Waals surface area contributed by atoms with Crippen molar-refractivity contribution < 1.29 is 18.3 Å². The van der Waals surface area contributed by atoms with Crippen LogP contribution in [0.1, 0.15) is 36.9 Å². The number of rotatable bonds is 6. The molecule has 7 nitrogen and oxygen atoms in total. The average molecular weight is 506 g/mol. The van der Waals surface area contributed by atoms with Gasteiger partial charge in [0.2, 0.25) is 0 Å². The van der Waals surface area contributed by atoms with Crippen molar-refractivity contribution in [3.63, 3.8) is 0 Å². The van der Waals surface area contributed by atoms with Crippen LogP contribution in [0.15, 0.2) is 46.0 Å². The molecular formula is C23H22ClF2N5O2S. The number of thiazole rings is 1. The van der Waals surface area contributed by atoms with Crippen LogP contribution in [0.3, 0.4) is 0 Å². The van der Waals surface area contributed by atoms with Crippen LogP contribution in [0.25, 0.3) is 0 Å². The van der Waals surface area contributed by atoms with Crippen LogP contribution in [-0.4, -0.2) is 53.1 Å². The van der Waals surface area contributed by atoms with E-state index in [9.17, 15) is 18.8 Å². The molecule has 178 valence electrons. The topological polar surface area (TPSA) is 90.6 Å². The highest BCUT2D eigenvalue weighted by molar-refractivity contribution is 7.11. The number of aromatic nitrogens is 1. The molecule has 1 aromatic carbocycles. The number of hydrogen-bond acceptors (Lipinski definition) is 8. The van der Waals surface area contributed by atoms with Crippen molar-refractivity contribution in [2.24, 2.45) is 4.99 Å². The molecule has 3 atom stereocenters. The van der Waals surface area contributed by atoms with Gasteiger partial charge in [0, 0.05) is 47.4 Å². The lowest BCUT2D eigenvalue weighted by Crippen LogP contribution is -2.43. The first-order valence-electron chi connectivity index (χ1n) is 10.6. The second kappa shape index (κ2) is 9.78. The van der Waals surface area contributed by atoms with Crippen molar-refractivity contribution in [3.05, 3.63) is 62.5 Å². The number of hydrogen-bond donors (Lipinski definition) is 1. The molecule has 1 N–H and O–H groups in total. The lowest BCUT2D eigenvalue weighted by Gasteiger charge is -2.29. The molecular weight excluding hydrogens is 484 g/mol. The fraction of sp³-hybridized carbons (Fsp3) is 0.391. The molecule has 0 spiro atoms. The predicted octanol–water partition coefficient (Wildman–Crippen LogP) is 4.17. The summed E-state index contributed by atoms with van der Waals surface area (Å²) in [5.74, 6) is -0.610. The number of aliphatic imine (C=N–C) groups is 1. The number of amidine groups is 1. The number of carbonyl (C=O) groups is 1.